The number of aryl methyl sites for hydroxylation is 2. The summed E-state index contributed by atoms with van der Waals surface area (Å²) in [5.74, 6) is 1.36. The number of hydrogen-bond donors (Lipinski definition) is 1. The highest BCUT2D eigenvalue weighted by Crippen LogP contribution is 2.01. The Morgan fingerprint density at radius 3 is 2.64 bits per heavy atom. The van der Waals surface area contributed by atoms with E-state index in [-0.39, 0.29) is 0 Å². The SMILES string of the molecule is CCCn1nc(CC)nc1N. The molecule has 4 nitrogen and oxygen atoms in total. The monoisotopic (exact) mass is 154 g/mol. The molecule has 4 heteroatoms. The van der Waals surface area contributed by atoms with Gasteiger partial charge in [0.15, 0.2) is 5.82 Å². The Balaban J connectivity index is 2.79. The predicted molar refractivity (Wildman–Crippen MR) is 44.1 cm³/mol. The summed E-state index contributed by atoms with van der Waals surface area (Å²) in [5, 5.41) is 4.20. The molecule has 0 aliphatic carbocycles. The van der Waals surface area contributed by atoms with Crippen LogP contribution in [0.1, 0.15) is 26.1 Å². The molecule has 11 heavy (non-hydrogen) atoms. The first-order valence-corrected chi connectivity index (χ1v) is 3.97. The van der Waals surface area contributed by atoms with Crippen molar-refractivity contribution in [2.24, 2.45) is 0 Å². The van der Waals surface area contributed by atoms with Crippen LogP contribution in [0.2, 0.25) is 0 Å². The van der Waals surface area contributed by atoms with E-state index in [9.17, 15) is 0 Å². The maximum Gasteiger partial charge on any atom is 0.218 e. The molecular formula is C7H14N4. The van der Waals surface area contributed by atoms with Crippen LogP contribution in [0.4, 0.5) is 5.95 Å². The molecule has 1 aromatic rings. The van der Waals surface area contributed by atoms with Crippen LogP contribution in [0.3, 0.4) is 0 Å². The van der Waals surface area contributed by atoms with Crippen LogP contribution in [-0.2, 0) is 13.0 Å². The van der Waals surface area contributed by atoms with E-state index in [4.69, 9.17) is 5.73 Å². The van der Waals surface area contributed by atoms with Crippen molar-refractivity contribution in [3.63, 3.8) is 0 Å². The van der Waals surface area contributed by atoms with Gasteiger partial charge >= 0.3 is 0 Å². The highest BCUT2D eigenvalue weighted by Gasteiger charge is 2.02. The fourth-order valence-corrected chi connectivity index (χ4v) is 0.929. The van der Waals surface area contributed by atoms with Gasteiger partial charge in [0.05, 0.1) is 0 Å². The maximum atomic E-state index is 5.59. The molecule has 0 aromatic carbocycles. The first-order valence-electron chi connectivity index (χ1n) is 3.97. The lowest BCUT2D eigenvalue weighted by atomic mass is 10.5. The number of nitrogens with two attached hydrogens (primary N) is 1. The molecule has 62 valence electrons. The van der Waals surface area contributed by atoms with E-state index in [0.29, 0.717) is 5.95 Å². The molecule has 0 saturated carbocycles. The topological polar surface area (TPSA) is 56.7 Å². The van der Waals surface area contributed by atoms with Crippen molar-refractivity contribution in [2.75, 3.05) is 5.73 Å². The highest BCUT2D eigenvalue weighted by atomic mass is 15.4. The molecule has 1 aromatic heterocycles. The number of anilines is 1. The molecule has 0 bridgehead atoms. The largest absolute Gasteiger partial charge is 0.368 e. The van der Waals surface area contributed by atoms with Crippen molar-refractivity contribution >= 4 is 5.95 Å². The third-order valence-electron chi connectivity index (χ3n) is 1.50. The van der Waals surface area contributed by atoms with Crippen molar-refractivity contribution in [3.05, 3.63) is 5.82 Å². The summed E-state index contributed by atoms with van der Waals surface area (Å²) in [6.07, 6.45) is 1.89. The first-order chi connectivity index (χ1) is 5.27. The van der Waals surface area contributed by atoms with Crippen LogP contribution in [0.5, 0.6) is 0 Å². The predicted octanol–water partition coefficient (Wildman–Crippen LogP) is 0.833. The first kappa shape index (κ1) is 8.04. The van der Waals surface area contributed by atoms with Gasteiger partial charge in [0.25, 0.3) is 0 Å². The molecule has 1 rings (SSSR count). The minimum absolute atomic E-state index is 0.531. The second-order valence-corrected chi connectivity index (χ2v) is 2.46. The van der Waals surface area contributed by atoms with Gasteiger partial charge < -0.3 is 5.73 Å². The van der Waals surface area contributed by atoms with E-state index in [0.717, 1.165) is 25.2 Å². The van der Waals surface area contributed by atoms with Crippen molar-refractivity contribution in [1.29, 1.82) is 0 Å². The van der Waals surface area contributed by atoms with Crippen LogP contribution in [0.15, 0.2) is 0 Å². The molecule has 0 unspecified atom stereocenters. The van der Waals surface area contributed by atoms with Gasteiger partial charge in [0.1, 0.15) is 0 Å². The van der Waals surface area contributed by atoms with Crippen LogP contribution >= 0.6 is 0 Å². The average Bonchev–Trinajstić information content (AvgIpc) is 2.33. The highest BCUT2D eigenvalue weighted by molar-refractivity contribution is 5.15. The zero-order valence-corrected chi connectivity index (χ0v) is 7.04. The second kappa shape index (κ2) is 3.37. The standard InChI is InChI=1S/C7H14N4/c1-3-5-11-7(8)9-6(4-2)10-11/h3-5H2,1-2H3,(H2,8,9,10). The third-order valence-corrected chi connectivity index (χ3v) is 1.50. The molecule has 0 radical (unpaired) electrons. The van der Waals surface area contributed by atoms with E-state index in [2.05, 4.69) is 17.0 Å². The number of aromatic nitrogens is 3. The van der Waals surface area contributed by atoms with Gasteiger partial charge in [0, 0.05) is 13.0 Å². The Hall–Kier alpha value is -1.06. The Bertz CT molecular complexity index is 228. The second-order valence-electron chi connectivity index (χ2n) is 2.46. The lowest BCUT2D eigenvalue weighted by Crippen LogP contribution is -2.04. The van der Waals surface area contributed by atoms with E-state index < -0.39 is 0 Å². The average molecular weight is 154 g/mol. The lowest BCUT2D eigenvalue weighted by molar-refractivity contribution is 0.603. The quantitative estimate of drug-likeness (QED) is 0.701. The minimum Gasteiger partial charge on any atom is -0.368 e. The Kier molecular flexibility index (Phi) is 2.46. The molecule has 0 spiro atoms. The van der Waals surface area contributed by atoms with E-state index in [1.807, 2.05) is 6.92 Å². The van der Waals surface area contributed by atoms with Crippen molar-refractivity contribution in [2.45, 2.75) is 33.2 Å². The molecule has 0 amide bonds. The van der Waals surface area contributed by atoms with E-state index in [1.165, 1.54) is 0 Å². The van der Waals surface area contributed by atoms with Crippen molar-refractivity contribution in [3.8, 4) is 0 Å². The minimum atomic E-state index is 0.531. The normalized spacial score (nSPS) is 10.4. The van der Waals surface area contributed by atoms with Crippen LogP contribution in [-0.4, -0.2) is 14.8 Å². The number of rotatable bonds is 3. The van der Waals surface area contributed by atoms with Gasteiger partial charge in [-0.2, -0.15) is 10.1 Å². The summed E-state index contributed by atoms with van der Waals surface area (Å²) in [6.45, 7) is 4.97. The molecule has 0 fully saturated rings. The van der Waals surface area contributed by atoms with Gasteiger partial charge in [-0.05, 0) is 6.42 Å². The molecule has 0 aliphatic rings. The van der Waals surface area contributed by atoms with Gasteiger partial charge in [0.2, 0.25) is 5.95 Å². The van der Waals surface area contributed by atoms with Gasteiger partial charge in [-0.25, -0.2) is 4.68 Å². The Labute approximate surface area is 66.4 Å². The Morgan fingerprint density at radius 1 is 1.45 bits per heavy atom. The molecule has 0 aliphatic heterocycles. The van der Waals surface area contributed by atoms with Crippen LogP contribution in [0.25, 0.3) is 0 Å². The third kappa shape index (κ3) is 1.69. The zero-order chi connectivity index (χ0) is 8.27. The van der Waals surface area contributed by atoms with Crippen molar-refractivity contribution < 1.29 is 0 Å². The fraction of sp³-hybridized carbons (Fsp3) is 0.714. The summed E-state index contributed by atoms with van der Waals surface area (Å²) in [7, 11) is 0. The summed E-state index contributed by atoms with van der Waals surface area (Å²) < 4.78 is 1.75. The summed E-state index contributed by atoms with van der Waals surface area (Å²) in [4.78, 5) is 4.08. The van der Waals surface area contributed by atoms with Gasteiger partial charge in [-0.3, -0.25) is 0 Å². The van der Waals surface area contributed by atoms with Gasteiger partial charge in [-0.1, -0.05) is 13.8 Å². The van der Waals surface area contributed by atoms with E-state index in [1.54, 1.807) is 4.68 Å². The molecule has 0 atom stereocenters. The molecule has 2 N–H and O–H groups in total. The van der Waals surface area contributed by atoms with Gasteiger partial charge in [-0.15, -0.1) is 0 Å². The molecular weight excluding hydrogens is 140 g/mol. The number of nitrogen functional groups attached to an aromatic ring is 1. The summed E-state index contributed by atoms with van der Waals surface area (Å²) in [6, 6.07) is 0. The molecule has 1 heterocycles. The van der Waals surface area contributed by atoms with E-state index >= 15 is 0 Å². The number of nitrogens with zero attached hydrogens (tertiary/aromatic N) is 3. The lowest BCUT2D eigenvalue weighted by Gasteiger charge is -1.96. The summed E-state index contributed by atoms with van der Waals surface area (Å²) >= 11 is 0. The van der Waals surface area contributed by atoms with Crippen LogP contribution < -0.4 is 5.73 Å². The Morgan fingerprint density at radius 2 is 2.18 bits per heavy atom. The molecule has 0 saturated heterocycles. The number of hydrogen-bond acceptors (Lipinski definition) is 3. The zero-order valence-electron chi connectivity index (χ0n) is 7.04. The summed E-state index contributed by atoms with van der Waals surface area (Å²) in [5.41, 5.74) is 5.59. The van der Waals surface area contributed by atoms with Crippen LogP contribution in [0, 0.1) is 0 Å². The maximum absolute atomic E-state index is 5.59. The fourth-order valence-electron chi connectivity index (χ4n) is 0.929. The smallest absolute Gasteiger partial charge is 0.218 e. The van der Waals surface area contributed by atoms with Crippen molar-refractivity contribution in [1.82, 2.24) is 14.8 Å².